The Kier molecular flexibility index (Phi) is 4.23. The van der Waals surface area contributed by atoms with Crippen LogP contribution < -0.4 is 4.57 Å². The normalized spacial score (nSPS) is 13.8. The lowest BCUT2D eigenvalue weighted by Gasteiger charge is -2.19. The number of nitrogens with zero attached hydrogens (tertiary/aromatic N) is 1. The molecule has 0 N–H and O–H groups in total. The average Bonchev–Trinajstić information content (AvgIpc) is 2.63. The van der Waals surface area contributed by atoms with E-state index in [2.05, 4.69) is 51.6 Å². The van der Waals surface area contributed by atoms with Gasteiger partial charge in [-0.25, -0.2) is 4.57 Å². The first-order valence-electron chi connectivity index (χ1n) is 11.1. The van der Waals surface area contributed by atoms with Gasteiger partial charge in [0.2, 0.25) is 5.69 Å². The van der Waals surface area contributed by atoms with Gasteiger partial charge in [0.1, 0.15) is 7.05 Å². The molecule has 0 saturated carbocycles. The molecule has 0 aliphatic heterocycles. The van der Waals surface area contributed by atoms with Crippen LogP contribution in [0.25, 0.3) is 22.4 Å². The van der Waals surface area contributed by atoms with Crippen molar-refractivity contribution in [2.75, 3.05) is 0 Å². The van der Waals surface area contributed by atoms with Gasteiger partial charge in [0.25, 0.3) is 0 Å². The van der Waals surface area contributed by atoms with Gasteiger partial charge < -0.3 is 0 Å². The van der Waals surface area contributed by atoms with Crippen molar-refractivity contribution in [3.63, 3.8) is 0 Å². The van der Waals surface area contributed by atoms with Crippen LogP contribution in [-0.4, -0.2) is 0 Å². The molecule has 0 unspecified atom stereocenters. The maximum Gasteiger partial charge on any atom is 0.212 e. The number of aromatic nitrogens is 1. The third kappa shape index (κ3) is 4.30. The minimum absolute atomic E-state index is 0.219. The van der Waals surface area contributed by atoms with Crippen LogP contribution in [-0.2, 0) is 13.5 Å². The van der Waals surface area contributed by atoms with Crippen LogP contribution in [0.3, 0.4) is 0 Å². The minimum atomic E-state index is -2.16. The molecule has 0 saturated heterocycles. The topological polar surface area (TPSA) is 3.88 Å². The Labute approximate surface area is 168 Å². The molecule has 27 heavy (non-hydrogen) atoms. The summed E-state index contributed by atoms with van der Waals surface area (Å²) in [6.45, 7) is 8.76. The Morgan fingerprint density at radius 3 is 2.22 bits per heavy atom. The van der Waals surface area contributed by atoms with Crippen LogP contribution in [0.15, 0.2) is 54.7 Å². The highest BCUT2D eigenvalue weighted by Crippen LogP contribution is 2.32. The van der Waals surface area contributed by atoms with Crippen molar-refractivity contribution in [1.29, 1.82) is 0 Å². The summed E-state index contributed by atoms with van der Waals surface area (Å²) in [6.07, 6.45) is 3.23. The van der Waals surface area contributed by atoms with Crippen LogP contribution in [0.1, 0.15) is 47.1 Å². The van der Waals surface area contributed by atoms with E-state index in [4.69, 9.17) is 4.11 Å². The van der Waals surface area contributed by atoms with Crippen molar-refractivity contribution in [1.82, 2.24) is 0 Å². The second kappa shape index (κ2) is 7.31. The fourth-order valence-corrected chi connectivity index (χ4v) is 3.67. The number of aryl methyl sites for hydroxylation is 4. The van der Waals surface area contributed by atoms with Gasteiger partial charge in [-0.2, -0.15) is 0 Å². The number of pyridine rings is 1. The molecule has 1 heterocycles. The molecule has 1 heteroatoms. The van der Waals surface area contributed by atoms with Crippen molar-refractivity contribution in [2.24, 2.45) is 12.5 Å². The van der Waals surface area contributed by atoms with Crippen LogP contribution in [0, 0.1) is 26.1 Å². The Morgan fingerprint density at radius 2 is 1.59 bits per heavy atom. The first kappa shape index (κ1) is 15.6. The van der Waals surface area contributed by atoms with Gasteiger partial charge >= 0.3 is 0 Å². The maximum absolute atomic E-state index is 8.05. The molecule has 1 aromatic heterocycles. The summed E-state index contributed by atoms with van der Waals surface area (Å²) in [7, 11) is 2.07. The highest BCUT2D eigenvalue weighted by molar-refractivity contribution is 5.75. The summed E-state index contributed by atoms with van der Waals surface area (Å²) < 4.78 is 26.3. The molecule has 0 atom stereocenters. The molecule has 0 aliphatic carbocycles. The molecule has 3 aromatic rings. The van der Waals surface area contributed by atoms with Crippen molar-refractivity contribution >= 4 is 0 Å². The summed E-state index contributed by atoms with van der Waals surface area (Å²) >= 11 is 0. The fraction of sp³-hybridized carbons (Fsp3) is 0.346. The Hall–Kier alpha value is -2.41. The number of rotatable bonds is 3. The van der Waals surface area contributed by atoms with Gasteiger partial charge in [-0.05, 0) is 66.4 Å². The van der Waals surface area contributed by atoms with Crippen molar-refractivity contribution < 1.29 is 8.68 Å². The van der Waals surface area contributed by atoms with Crippen molar-refractivity contribution in [3.05, 3.63) is 77.0 Å². The van der Waals surface area contributed by atoms with Gasteiger partial charge in [0.05, 0.1) is 0 Å². The fourth-order valence-electron chi connectivity index (χ4n) is 3.67. The predicted octanol–water partition coefficient (Wildman–Crippen LogP) is 6.36. The summed E-state index contributed by atoms with van der Waals surface area (Å²) in [5, 5.41) is 0. The largest absolute Gasteiger partial charge is 0.212 e. The third-order valence-corrected chi connectivity index (χ3v) is 5.04. The van der Waals surface area contributed by atoms with Gasteiger partial charge in [-0.15, -0.1) is 0 Å². The first-order valence-corrected chi connectivity index (χ1v) is 9.57. The van der Waals surface area contributed by atoms with Gasteiger partial charge in [-0.3, -0.25) is 0 Å². The van der Waals surface area contributed by atoms with E-state index < -0.39 is 6.85 Å². The zero-order valence-electron chi connectivity index (χ0n) is 20.4. The van der Waals surface area contributed by atoms with E-state index in [1.165, 1.54) is 11.1 Å². The molecule has 0 aliphatic rings. The molecular weight excluding hydrogens is 326 g/mol. The van der Waals surface area contributed by atoms with Gasteiger partial charge in [0, 0.05) is 21.3 Å². The van der Waals surface area contributed by atoms with E-state index in [9.17, 15) is 0 Å². The van der Waals surface area contributed by atoms with E-state index in [1.807, 2.05) is 49.4 Å². The summed E-state index contributed by atoms with van der Waals surface area (Å²) in [5.74, 6) is 0. The molecular formula is C26H32N+. The minimum Gasteiger partial charge on any atom is -0.201 e. The maximum atomic E-state index is 8.05. The van der Waals surface area contributed by atoms with E-state index in [1.54, 1.807) is 0 Å². The summed E-state index contributed by atoms with van der Waals surface area (Å²) in [4.78, 5) is 0. The van der Waals surface area contributed by atoms with Gasteiger partial charge in [-0.1, -0.05) is 57.2 Å². The van der Waals surface area contributed by atoms with Crippen LogP contribution in [0.4, 0.5) is 0 Å². The Balaban J connectivity index is 2.21. The van der Waals surface area contributed by atoms with Crippen molar-refractivity contribution in [2.45, 2.75) is 47.9 Å². The Bertz CT molecular complexity index is 1060. The lowest BCUT2D eigenvalue weighted by atomic mass is 9.86. The lowest BCUT2D eigenvalue weighted by molar-refractivity contribution is -0.660. The highest BCUT2D eigenvalue weighted by atomic mass is 14.9. The van der Waals surface area contributed by atoms with Crippen LogP contribution >= 0.6 is 0 Å². The highest BCUT2D eigenvalue weighted by Gasteiger charge is 2.20. The molecule has 0 spiro atoms. The van der Waals surface area contributed by atoms with Gasteiger partial charge in [0.15, 0.2) is 6.20 Å². The zero-order chi connectivity index (χ0) is 22.3. The number of hydrogen-bond acceptors (Lipinski definition) is 0. The van der Waals surface area contributed by atoms with E-state index in [0.717, 1.165) is 34.4 Å². The van der Waals surface area contributed by atoms with Crippen LogP contribution in [0.5, 0.6) is 0 Å². The van der Waals surface area contributed by atoms with E-state index >= 15 is 0 Å². The third-order valence-electron chi connectivity index (χ3n) is 5.04. The molecule has 0 amide bonds. The zero-order valence-corrected chi connectivity index (χ0v) is 17.4. The van der Waals surface area contributed by atoms with Crippen molar-refractivity contribution in [3.8, 4) is 22.4 Å². The smallest absolute Gasteiger partial charge is 0.201 e. The number of benzene rings is 2. The molecule has 3 rings (SSSR count). The second-order valence-corrected chi connectivity index (χ2v) is 8.79. The Morgan fingerprint density at radius 1 is 0.889 bits per heavy atom. The standard InChI is InChI=1S/C26H32N/c1-18-14-25(27(7)17-22(18)16-26(4,5)6)24-15-23(19(2)13-20(24)3)21-11-9-8-10-12-21/h8-15,17H,16H2,1-7H3/q+1/i2D3. The molecule has 140 valence electrons. The second-order valence-electron chi connectivity index (χ2n) is 8.79. The SMILES string of the molecule is [2H]C([2H])([2H])c1cc(C)c(-c2cc(C)c(CC(C)(C)C)c[n+]2C)cc1-c1ccccc1. The number of hydrogen-bond donors (Lipinski definition) is 0. The molecule has 2 aromatic carbocycles. The molecule has 0 radical (unpaired) electrons. The molecule has 0 fully saturated rings. The van der Waals surface area contributed by atoms with E-state index in [-0.39, 0.29) is 5.41 Å². The van der Waals surface area contributed by atoms with E-state index in [0.29, 0.717) is 5.56 Å². The average molecular weight is 362 g/mol. The predicted molar refractivity (Wildman–Crippen MR) is 116 cm³/mol. The summed E-state index contributed by atoms with van der Waals surface area (Å²) in [6, 6.07) is 15.9. The summed E-state index contributed by atoms with van der Waals surface area (Å²) in [5.41, 5.74) is 8.05. The quantitative estimate of drug-likeness (QED) is 0.478. The van der Waals surface area contributed by atoms with Crippen LogP contribution in [0.2, 0.25) is 0 Å². The molecule has 1 nitrogen and oxygen atoms in total. The lowest BCUT2D eigenvalue weighted by Crippen LogP contribution is -2.32. The molecule has 0 bridgehead atoms. The monoisotopic (exact) mass is 361 g/mol. The first-order chi connectivity index (χ1) is 13.9.